The van der Waals surface area contributed by atoms with E-state index in [1.54, 1.807) is 30.5 Å². The summed E-state index contributed by atoms with van der Waals surface area (Å²) in [5, 5.41) is 13.0. The molecule has 1 heterocycles. The van der Waals surface area contributed by atoms with E-state index >= 15 is 0 Å². The molecule has 3 amide bonds. The minimum atomic E-state index is -0.368. The van der Waals surface area contributed by atoms with Gasteiger partial charge in [-0.15, -0.1) is 0 Å². The van der Waals surface area contributed by atoms with Crippen LogP contribution in [0.15, 0.2) is 30.5 Å². The van der Waals surface area contributed by atoms with Gasteiger partial charge in [0.1, 0.15) is 0 Å². The summed E-state index contributed by atoms with van der Waals surface area (Å²) < 4.78 is 1.85. The number of nitrogens with zero attached hydrogens (tertiary/aromatic N) is 2. The standard InChI is InChI=1S/C17H20ClN5O2/c1-23-15-4-2-3-14(13(15)9-20-23)22-17(25)19-10-16(24)21-12-7-5-11(18)6-8-12/h5-9,14H,2-4,10H2,1H3,(H,21,24)(H2,19,22,25)/t14-/m1/s1. The van der Waals surface area contributed by atoms with Gasteiger partial charge in [-0.1, -0.05) is 11.6 Å². The lowest BCUT2D eigenvalue weighted by Gasteiger charge is -2.23. The van der Waals surface area contributed by atoms with E-state index in [0.29, 0.717) is 10.7 Å². The van der Waals surface area contributed by atoms with Crippen molar-refractivity contribution in [3.63, 3.8) is 0 Å². The molecule has 1 aromatic carbocycles. The minimum absolute atomic E-state index is 0.0724. The first-order valence-electron chi connectivity index (χ1n) is 8.13. The van der Waals surface area contributed by atoms with E-state index in [1.807, 2.05) is 11.7 Å². The summed E-state index contributed by atoms with van der Waals surface area (Å²) in [7, 11) is 1.91. The molecule has 1 atom stereocenters. The number of urea groups is 1. The maximum Gasteiger partial charge on any atom is 0.315 e. The van der Waals surface area contributed by atoms with Crippen LogP contribution in [0.2, 0.25) is 5.02 Å². The Morgan fingerprint density at radius 3 is 2.84 bits per heavy atom. The molecule has 1 aliphatic rings. The lowest BCUT2D eigenvalue weighted by Crippen LogP contribution is -2.42. The number of hydrogen-bond acceptors (Lipinski definition) is 3. The molecule has 0 bridgehead atoms. The van der Waals surface area contributed by atoms with Crippen molar-refractivity contribution in [1.82, 2.24) is 20.4 Å². The van der Waals surface area contributed by atoms with Crippen LogP contribution in [0.5, 0.6) is 0 Å². The van der Waals surface area contributed by atoms with Gasteiger partial charge >= 0.3 is 6.03 Å². The first kappa shape index (κ1) is 17.3. The lowest BCUT2D eigenvalue weighted by atomic mass is 9.93. The van der Waals surface area contributed by atoms with Gasteiger partial charge < -0.3 is 16.0 Å². The average Bonchev–Trinajstić information content (AvgIpc) is 2.98. The fourth-order valence-corrected chi connectivity index (χ4v) is 3.09. The number of nitrogens with one attached hydrogen (secondary N) is 3. The number of benzene rings is 1. The van der Waals surface area contributed by atoms with Crippen molar-refractivity contribution in [3.05, 3.63) is 46.7 Å². The van der Waals surface area contributed by atoms with E-state index in [2.05, 4.69) is 21.0 Å². The number of amides is 3. The normalized spacial score (nSPS) is 16.0. The van der Waals surface area contributed by atoms with Crippen LogP contribution in [0.1, 0.15) is 30.1 Å². The van der Waals surface area contributed by atoms with Crippen molar-refractivity contribution in [3.8, 4) is 0 Å². The summed E-state index contributed by atoms with van der Waals surface area (Å²) >= 11 is 5.80. The highest BCUT2D eigenvalue weighted by atomic mass is 35.5. The van der Waals surface area contributed by atoms with Gasteiger partial charge in [-0.05, 0) is 43.5 Å². The van der Waals surface area contributed by atoms with Gasteiger partial charge in [0.25, 0.3) is 0 Å². The molecule has 7 nitrogen and oxygen atoms in total. The highest BCUT2D eigenvalue weighted by molar-refractivity contribution is 6.30. The molecule has 3 rings (SSSR count). The van der Waals surface area contributed by atoms with E-state index in [1.165, 1.54) is 0 Å². The largest absolute Gasteiger partial charge is 0.331 e. The number of aromatic nitrogens is 2. The summed E-state index contributed by atoms with van der Waals surface area (Å²) in [5.74, 6) is -0.303. The highest BCUT2D eigenvalue weighted by Crippen LogP contribution is 2.28. The molecule has 0 unspecified atom stereocenters. The number of carbonyl (C=O) groups is 2. The SMILES string of the molecule is Cn1ncc2c1CCC[C@H]2NC(=O)NCC(=O)Nc1ccc(Cl)cc1. The number of aryl methyl sites for hydroxylation is 1. The molecule has 25 heavy (non-hydrogen) atoms. The van der Waals surface area contributed by atoms with E-state index in [0.717, 1.165) is 30.5 Å². The van der Waals surface area contributed by atoms with E-state index < -0.39 is 0 Å². The van der Waals surface area contributed by atoms with Crippen molar-refractivity contribution in [2.24, 2.45) is 7.05 Å². The van der Waals surface area contributed by atoms with Crippen LogP contribution < -0.4 is 16.0 Å². The molecule has 132 valence electrons. The predicted octanol–water partition coefficient (Wildman–Crippen LogP) is 2.39. The Balaban J connectivity index is 1.48. The predicted molar refractivity (Wildman–Crippen MR) is 95.5 cm³/mol. The van der Waals surface area contributed by atoms with Crippen LogP contribution in [0.25, 0.3) is 0 Å². The maximum atomic E-state index is 12.1. The Hall–Kier alpha value is -2.54. The van der Waals surface area contributed by atoms with Crippen molar-refractivity contribution in [2.45, 2.75) is 25.3 Å². The molecule has 3 N–H and O–H groups in total. The van der Waals surface area contributed by atoms with Crippen molar-refractivity contribution in [1.29, 1.82) is 0 Å². The molecule has 0 radical (unpaired) electrons. The molecule has 0 spiro atoms. The Kier molecular flexibility index (Phi) is 5.23. The second kappa shape index (κ2) is 7.57. The van der Waals surface area contributed by atoms with Gasteiger partial charge in [0, 0.05) is 29.0 Å². The van der Waals surface area contributed by atoms with Crippen molar-refractivity contribution in [2.75, 3.05) is 11.9 Å². The van der Waals surface area contributed by atoms with E-state index in [4.69, 9.17) is 11.6 Å². The van der Waals surface area contributed by atoms with Gasteiger partial charge in [-0.3, -0.25) is 9.48 Å². The Morgan fingerprint density at radius 2 is 2.08 bits per heavy atom. The number of hydrogen-bond donors (Lipinski definition) is 3. The fraction of sp³-hybridized carbons (Fsp3) is 0.353. The number of fused-ring (bicyclic) bond motifs is 1. The van der Waals surface area contributed by atoms with Crippen molar-refractivity contribution < 1.29 is 9.59 Å². The summed E-state index contributed by atoms with van der Waals surface area (Å²) in [5.41, 5.74) is 2.83. The fourth-order valence-electron chi connectivity index (χ4n) is 2.96. The molecule has 2 aromatic rings. The van der Waals surface area contributed by atoms with Gasteiger partial charge in [-0.25, -0.2) is 4.79 Å². The monoisotopic (exact) mass is 361 g/mol. The van der Waals surface area contributed by atoms with Crippen LogP contribution >= 0.6 is 11.6 Å². The zero-order chi connectivity index (χ0) is 17.8. The average molecular weight is 362 g/mol. The molecule has 0 saturated carbocycles. The van der Waals surface area contributed by atoms with Gasteiger partial charge in [0.05, 0.1) is 18.8 Å². The molecule has 1 aliphatic carbocycles. The quantitative estimate of drug-likeness (QED) is 0.781. The third-order valence-corrected chi connectivity index (χ3v) is 4.47. The zero-order valence-electron chi connectivity index (χ0n) is 13.9. The number of carbonyl (C=O) groups excluding carboxylic acids is 2. The minimum Gasteiger partial charge on any atom is -0.331 e. The lowest BCUT2D eigenvalue weighted by molar-refractivity contribution is -0.115. The third kappa shape index (κ3) is 4.30. The molecule has 0 saturated heterocycles. The molecular weight excluding hydrogens is 342 g/mol. The Morgan fingerprint density at radius 1 is 1.32 bits per heavy atom. The Labute approximate surface area is 150 Å². The van der Waals surface area contributed by atoms with Crippen LogP contribution in [0.3, 0.4) is 0 Å². The number of anilines is 1. The van der Waals surface area contributed by atoms with Crippen LogP contribution in [-0.2, 0) is 18.3 Å². The van der Waals surface area contributed by atoms with Gasteiger partial charge in [-0.2, -0.15) is 5.10 Å². The molecule has 0 aliphatic heterocycles. The van der Waals surface area contributed by atoms with Crippen LogP contribution in [-0.4, -0.2) is 28.3 Å². The first-order valence-corrected chi connectivity index (χ1v) is 8.51. The second-order valence-corrected chi connectivity index (χ2v) is 6.43. The van der Waals surface area contributed by atoms with Crippen LogP contribution in [0, 0.1) is 0 Å². The van der Waals surface area contributed by atoms with E-state index in [9.17, 15) is 9.59 Å². The molecular formula is C17H20ClN5O2. The third-order valence-electron chi connectivity index (χ3n) is 4.22. The summed E-state index contributed by atoms with van der Waals surface area (Å²) in [6.07, 6.45) is 4.62. The highest BCUT2D eigenvalue weighted by Gasteiger charge is 2.24. The zero-order valence-corrected chi connectivity index (χ0v) is 14.6. The Bertz CT molecular complexity index is 772. The maximum absolute atomic E-state index is 12.1. The number of halogens is 1. The molecule has 1 aromatic heterocycles. The smallest absolute Gasteiger partial charge is 0.315 e. The van der Waals surface area contributed by atoms with E-state index in [-0.39, 0.29) is 24.5 Å². The second-order valence-electron chi connectivity index (χ2n) is 6.00. The molecule has 8 heteroatoms. The topological polar surface area (TPSA) is 88.1 Å². The van der Waals surface area contributed by atoms with Gasteiger partial charge in [0.15, 0.2) is 0 Å². The van der Waals surface area contributed by atoms with Crippen LogP contribution in [0.4, 0.5) is 10.5 Å². The summed E-state index contributed by atoms with van der Waals surface area (Å²) in [6.45, 7) is -0.110. The molecule has 0 fully saturated rings. The number of rotatable bonds is 4. The van der Waals surface area contributed by atoms with Crippen molar-refractivity contribution >= 4 is 29.2 Å². The van der Waals surface area contributed by atoms with Gasteiger partial charge in [0.2, 0.25) is 5.91 Å². The summed E-state index contributed by atoms with van der Waals surface area (Å²) in [6, 6.07) is 6.33. The summed E-state index contributed by atoms with van der Waals surface area (Å²) in [4.78, 5) is 24.0. The first-order chi connectivity index (χ1) is 12.0.